The van der Waals surface area contributed by atoms with Gasteiger partial charge in [0.15, 0.2) is 11.5 Å². The molecule has 0 spiro atoms. The van der Waals surface area contributed by atoms with Crippen molar-refractivity contribution in [3.63, 3.8) is 0 Å². The number of rotatable bonds is 9. The van der Waals surface area contributed by atoms with Crippen molar-refractivity contribution in [3.05, 3.63) is 70.9 Å². The fourth-order valence-electron chi connectivity index (χ4n) is 2.71. The molecule has 3 aromatic rings. The molecule has 0 aliphatic heterocycles. The van der Waals surface area contributed by atoms with Gasteiger partial charge in [-0.05, 0) is 35.7 Å². The predicted octanol–water partition coefficient (Wildman–Crippen LogP) is 3.11. The number of hydrazone groups is 1. The number of anilines is 1. The van der Waals surface area contributed by atoms with Crippen LogP contribution in [0.5, 0.6) is 11.5 Å². The standard InChI is InChI=1S/C21H21N3O5S2/c1-28-19-11-10-18(13-20(19)29-2)31(26,27)24(16-7-4-3-5-8-16)15-21(25)23-22-14-17-9-6-12-30-17/h3-14H,15H2,1-2H3,(H,23,25)/b22-14+. The third-order valence-corrected chi connectivity index (χ3v) is 6.78. The molecular weight excluding hydrogens is 438 g/mol. The first-order valence-electron chi connectivity index (χ1n) is 9.11. The molecule has 31 heavy (non-hydrogen) atoms. The fourth-order valence-corrected chi connectivity index (χ4v) is 4.73. The predicted molar refractivity (Wildman–Crippen MR) is 121 cm³/mol. The van der Waals surface area contributed by atoms with Crippen LogP contribution in [0.25, 0.3) is 0 Å². The summed E-state index contributed by atoms with van der Waals surface area (Å²) in [6.45, 7) is -0.456. The molecule has 0 saturated carbocycles. The van der Waals surface area contributed by atoms with Crippen LogP contribution in [0.4, 0.5) is 5.69 Å². The topological polar surface area (TPSA) is 97.3 Å². The quantitative estimate of drug-likeness (QED) is 0.392. The molecule has 0 unspecified atom stereocenters. The van der Waals surface area contributed by atoms with Gasteiger partial charge in [-0.15, -0.1) is 11.3 Å². The SMILES string of the molecule is COc1ccc(S(=O)(=O)N(CC(=O)N/N=C/c2cccs2)c2ccccc2)cc1OC. The Labute approximate surface area is 184 Å². The highest BCUT2D eigenvalue weighted by Crippen LogP contribution is 2.32. The number of nitrogens with zero attached hydrogens (tertiary/aromatic N) is 2. The molecular formula is C21H21N3O5S2. The zero-order valence-corrected chi connectivity index (χ0v) is 18.5. The first kappa shape index (κ1) is 22.3. The van der Waals surface area contributed by atoms with E-state index in [1.807, 2.05) is 17.5 Å². The Balaban J connectivity index is 1.89. The normalized spacial score (nSPS) is 11.3. The number of sulfonamides is 1. The van der Waals surface area contributed by atoms with E-state index in [1.54, 1.807) is 30.3 Å². The number of thiophene rings is 1. The van der Waals surface area contributed by atoms with Gasteiger partial charge in [-0.3, -0.25) is 9.10 Å². The minimum atomic E-state index is -4.09. The third-order valence-electron chi connectivity index (χ3n) is 4.20. The van der Waals surface area contributed by atoms with Crippen LogP contribution >= 0.6 is 11.3 Å². The maximum absolute atomic E-state index is 13.4. The number of methoxy groups -OCH3 is 2. The second kappa shape index (κ2) is 10.1. The Bertz CT molecular complexity index is 1150. The highest BCUT2D eigenvalue weighted by Gasteiger charge is 2.28. The Morgan fingerprint density at radius 1 is 1.06 bits per heavy atom. The van der Waals surface area contributed by atoms with Crippen molar-refractivity contribution in [1.82, 2.24) is 5.43 Å². The molecule has 0 aliphatic rings. The number of carbonyl (C=O) groups excluding carboxylic acids is 1. The second-order valence-electron chi connectivity index (χ2n) is 6.17. The summed E-state index contributed by atoms with van der Waals surface area (Å²) in [6.07, 6.45) is 1.50. The molecule has 0 fully saturated rings. The molecule has 0 saturated heterocycles. The zero-order valence-electron chi connectivity index (χ0n) is 16.9. The van der Waals surface area contributed by atoms with Gasteiger partial charge in [0, 0.05) is 10.9 Å². The van der Waals surface area contributed by atoms with Crippen molar-refractivity contribution in [1.29, 1.82) is 0 Å². The molecule has 3 rings (SSSR count). The highest BCUT2D eigenvalue weighted by molar-refractivity contribution is 7.92. The lowest BCUT2D eigenvalue weighted by atomic mass is 10.3. The van der Waals surface area contributed by atoms with Gasteiger partial charge in [0.1, 0.15) is 6.54 Å². The van der Waals surface area contributed by atoms with E-state index in [0.717, 1.165) is 9.18 Å². The molecule has 1 N–H and O–H groups in total. The molecule has 8 nitrogen and oxygen atoms in total. The van der Waals surface area contributed by atoms with Crippen molar-refractivity contribution >= 4 is 39.2 Å². The number of amides is 1. The Morgan fingerprint density at radius 2 is 1.81 bits per heavy atom. The lowest BCUT2D eigenvalue weighted by Crippen LogP contribution is -2.39. The zero-order chi connectivity index (χ0) is 22.3. The van der Waals surface area contributed by atoms with Crippen LogP contribution in [0.15, 0.2) is 76.0 Å². The van der Waals surface area contributed by atoms with E-state index in [4.69, 9.17) is 9.47 Å². The van der Waals surface area contributed by atoms with E-state index in [1.165, 1.54) is 50.0 Å². The van der Waals surface area contributed by atoms with Crippen LogP contribution < -0.4 is 19.2 Å². The second-order valence-corrected chi connectivity index (χ2v) is 9.01. The summed E-state index contributed by atoms with van der Waals surface area (Å²) < 4.78 is 38.2. The number of benzene rings is 2. The van der Waals surface area contributed by atoms with Gasteiger partial charge in [-0.1, -0.05) is 24.3 Å². The summed E-state index contributed by atoms with van der Waals surface area (Å²) in [6, 6.07) is 16.3. The van der Waals surface area contributed by atoms with Crippen molar-refractivity contribution in [2.24, 2.45) is 5.10 Å². The molecule has 0 bridgehead atoms. The van der Waals surface area contributed by atoms with Gasteiger partial charge in [0.05, 0.1) is 31.0 Å². The number of nitrogens with one attached hydrogen (secondary N) is 1. The van der Waals surface area contributed by atoms with Crippen molar-refractivity contribution in [2.75, 3.05) is 25.1 Å². The first-order valence-corrected chi connectivity index (χ1v) is 11.4. The summed E-state index contributed by atoms with van der Waals surface area (Å²) in [5.41, 5.74) is 2.71. The maximum Gasteiger partial charge on any atom is 0.264 e. The first-order chi connectivity index (χ1) is 15.0. The van der Waals surface area contributed by atoms with Crippen molar-refractivity contribution < 1.29 is 22.7 Å². The van der Waals surface area contributed by atoms with E-state index in [0.29, 0.717) is 11.4 Å². The largest absolute Gasteiger partial charge is 0.493 e. The number of ether oxygens (including phenoxy) is 2. The smallest absolute Gasteiger partial charge is 0.264 e. The molecule has 10 heteroatoms. The van der Waals surface area contributed by atoms with Gasteiger partial charge in [0.25, 0.3) is 15.9 Å². The maximum atomic E-state index is 13.4. The Hall–Kier alpha value is -3.37. The number of hydrogen-bond donors (Lipinski definition) is 1. The van der Waals surface area contributed by atoms with Crippen molar-refractivity contribution in [2.45, 2.75) is 4.90 Å². The summed E-state index contributed by atoms with van der Waals surface area (Å²) in [5.74, 6) is 0.0793. The number of hydrogen-bond acceptors (Lipinski definition) is 7. The molecule has 2 aromatic carbocycles. The van der Waals surface area contributed by atoms with Crippen LogP contribution in [0, 0.1) is 0 Å². The van der Waals surface area contributed by atoms with E-state index >= 15 is 0 Å². The van der Waals surface area contributed by atoms with Crippen LogP contribution in [-0.2, 0) is 14.8 Å². The third kappa shape index (κ3) is 5.41. The molecule has 1 heterocycles. The van der Waals surface area contributed by atoms with Gasteiger partial charge >= 0.3 is 0 Å². The summed E-state index contributed by atoms with van der Waals surface area (Å²) >= 11 is 1.46. The van der Waals surface area contributed by atoms with Crippen molar-refractivity contribution in [3.8, 4) is 11.5 Å². The van der Waals surface area contributed by atoms with Crippen LogP contribution in [0.3, 0.4) is 0 Å². The number of carbonyl (C=O) groups is 1. The number of para-hydroxylation sites is 1. The van der Waals surface area contributed by atoms with Crippen LogP contribution in [0.1, 0.15) is 4.88 Å². The fraction of sp³-hybridized carbons (Fsp3) is 0.143. The Morgan fingerprint density at radius 3 is 2.45 bits per heavy atom. The molecule has 0 radical (unpaired) electrons. The van der Waals surface area contributed by atoms with Gasteiger partial charge in [0.2, 0.25) is 0 Å². The van der Waals surface area contributed by atoms with Crippen LogP contribution in [0.2, 0.25) is 0 Å². The van der Waals surface area contributed by atoms with E-state index in [2.05, 4.69) is 10.5 Å². The lowest BCUT2D eigenvalue weighted by Gasteiger charge is -2.24. The van der Waals surface area contributed by atoms with E-state index < -0.39 is 22.5 Å². The molecule has 162 valence electrons. The summed E-state index contributed by atoms with van der Waals surface area (Å²) in [4.78, 5) is 13.3. The minimum absolute atomic E-state index is 0.0381. The summed E-state index contributed by atoms with van der Waals surface area (Å²) in [7, 11) is -1.21. The van der Waals surface area contributed by atoms with Gasteiger partial charge < -0.3 is 9.47 Å². The Kier molecular flexibility index (Phi) is 7.27. The molecule has 1 amide bonds. The highest BCUT2D eigenvalue weighted by atomic mass is 32.2. The monoisotopic (exact) mass is 459 g/mol. The van der Waals surface area contributed by atoms with Gasteiger partial charge in [-0.2, -0.15) is 5.10 Å². The average Bonchev–Trinajstić information content (AvgIpc) is 3.31. The van der Waals surface area contributed by atoms with E-state index in [-0.39, 0.29) is 10.6 Å². The molecule has 0 atom stereocenters. The molecule has 0 aliphatic carbocycles. The average molecular weight is 460 g/mol. The van der Waals surface area contributed by atoms with E-state index in [9.17, 15) is 13.2 Å². The molecule has 1 aromatic heterocycles. The lowest BCUT2D eigenvalue weighted by molar-refractivity contribution is -0.119. The van der Waals surface area contributed by atoms with Gasteiger partial charge in [-0.25, -0.2) is 13.8 Å². The summed E-state index contributed by atoms with van der Waals surface area (Å²) in [5, 5.41) is 5.78. The minimum Gasteiger partial charge on any atom is -0.493 e. The van der Waals surface area contributed by atoms with Crippen LogP contribution in [-0.4, -0.2) is 41.3 Å².